The maximum absolute atomic E-state index is 10.8. The van der Waals surface area contributed by atoms with Crippen molar-refractivity contribution in [2.75, 3.05) is 0 Å². The molecule has 0 aliphatic heterocycles. The molecule has 5 heteroatoms. The molecule has 15 heavy (non-hydrogen) atoms. The van der Waals surface area contributed by atoms with Gasteiger partial charge in [-0.3, -0.25) is 0 Å². The summed E-state index contributed by atoms with van der Waals surface area (Å²) in [5.41, 5.74) is 0.882. The molecule has 0 aliphatic rings. The van der Waals surface area contributed by atoms with Crippen LogP contribution >= 0.6 is 0 Å². The van der Waals surface area contributed by atoms with E-state index in [0.717, 1.165) is 11.7 Å². The Morgan fingerprint density at radius 2 is 2.13 bits per heavy atom. The van der Waals surface area contributed by atoms with Crippen LogP contribution in [0.4, 0.5) is 0 Å². The van der Waals surface area contributed by atoms with Crippen molar-refractivity contribution in [2.24, 2.45) is 4.99 Å². The average Bonchev–Trinajstić information content (AvgIpc) is 2.25. The average molecular weight is 203 g/mol. The van der Waals surface area contributed by atoms with Crippen molar-refractivity contribution in [3.05, 3.63) is 35.9 Å². The third-order valence-electron chi connectivity index (χ3n) is 1.88. The summed E-state index contributed by atoms with van der Waals surface area (Å²) >= 11 is 0. The van der Waals surface area contributed by atoms with Crippen molar-refractivity contribution >= 4 is 19.2 Å². The van der Waals surface area contributed by atoms with E-state index in [1.807, 2.05) is 30.3 Å². The zero-order valence-electron chi connectivity index (χ0n) is 8.04. The second-order valence-electron chi connectivity index (χ2n) is 2.98. The summed E-state index contributed by atoms with van der Waals surface area (Å²) in [6.45, 7) is 0. The van der Waals surface area contributed by atoms with Crippen LogP contribution in [0, 0.1) is 0 Å². The van der Waals surface area contributed by atoms with Crippen molar-refractivity contribution in [3.63, 3.8) is 0 Å². The van der Waals surface area contributed by atoms with Crippen LogP contribution < -0.4 is 0 Å². The summed E-state index contributed by atoms with van der Waals surface area (Å²) in [7, 11) is 0.473. The minimum atomic E-state index is -1.03. The van der Waals surface area contributed by atoms with Gasteiger partial charge in [-0.1, -0.05) is 0 Å². The number of aliphatic carboxylic acids is 1. The molecule has 1 aromatic rings. The molecule has 0 aromatic heterocycles. The molecule has 4 nitrogen and oxygen atoms in total. The van der Waals surface area contributed by atoms with Gasteiger partial charge in [0.2, 0.25) is 0 Å². The van der Waals surface area contributed by atoms with Gasteiger partial charge in [0.05, 0.1) is 0 Å². The number of carboxylic acid groups (broad SMARTS) is 1. The van der Waals surface area contributed by atoms with Gasteiger partial charge in [0.25, 0.3) is 0 Å². The van der Waals surface area contributed by atoms with E-state index in [1.165, 1.54) is 0 Å². The first-order valence-corrected chi connectivity index (χ1v) is 4.47. The van der Waals surface area contributed by atoms with Crippen LogP contribution in [0.25, 0.3) is 0 Å². The van der Waals surface area contributed by atoms with E-state index in [9.17, 15) is 9.50 Å². The molecule has 0 saturated heterocycles. The molecule has 1 rings (SSSR count). The maximum atomic E-state index is 10.8. The number of carboxylic acids is 1. The first-order chi connectivity index (χ1) is 7.24. The summed E-state index contributed by atoms with van der Waals surface area (Å²) in [5, 5.41) is 8.83. The third kappa shape index (κ3) is 3.85. The van der Waals surface area contributed by atoms with Gasteiger partial charge < -0.3 is 0 Å². The Morgan fingerprint density at radius 1 is 1.47 bits per heavy atom. The number of hydrogen-bond acceptors (Lipinski definition) is 3. The number of carbonyl (C=O) groups is 1. The Labute approximate surface area is 87.9 Å². The quantitative estimate of drug-likeness (QED) is 0.567. The van der Waals surface area contributed by atoms with E-state index < -0.39 is 12.0 Å². The Kier molecular flexibility index (Phi) is 4.41. The van der Waals surface area contributed by atoms with Gasteiger partial charge in [-0.05, 0) is 0 Å². The molecule has 1 aromatic carbocycles. The Balaban J connectivity index is 2.71. The van der Waals surface area contributed by atoms with Gasteiger partial charge in [0.15, 0.2) is 0 Å². The van der Waals surface area contributed by atoms with Crippen LogP contribution in [0.2, 0.25) is 0 Å². The fourth-order valence-electron chi connectivity index (χ4n) is 1.18. The molecule has 0 radical (unpaired) electrons. The van der Waals surface area contributed by atoms with Crippen LogP contribution in [0.1, 0.15) is 5.56 Å². The summed E-state index contributed by atoms with van der Waals surface area (Å²) in [4.78, 5) is 14.4. The van der Waals surface area contributed by atoms with Gasteiger partial charge in [-0.25, -0.2) is 0 Å². The Morgan fingerprint density at radius 3 is 2.67 bits per heavy atom. The first kappa shape index (κ1) is 11.3. The SMILES string of the molecule is O=BC=N[C@@H](Cc1ccccc1)C(=O)O. The zero-order chi connectivity index (χ0) is 11.1. The van der Waals surface area contributed by atoms with Gasteiger partial charge in [0.1, 0.15) is 0 Å². The molecule has 1 atom stereocenters. The monoisotopic (exact) mass is 203 g/mol. The molecule has 0 fully saturated rings. The molecule has 0 spiro atoms. The summed E-state index contributed by atoms with van der Waals surface area (Å²) in [5.74, 6) is -1.03. The van der Waals surface area contributed by atoms with Gasteiger partial charge in [0, 0.05) is 0 Å². The molecule has 76 valence electrons. The van der Waals surface area contributed by atoms with Crippen LogP contribution in [-0.2, 0) is 15.9 Å². The fraction of sp³-hybridized carbons (Fsp3) is 0.200. The number of aliphatic imine (C=N–C) groups is 1. The van der Waals surface area contributed by atoms with E-state index in [-0.39, 0.29) is 0 Å². The predicted molar refractivity (Wildman–Crippen MR) is 56.5 cm³/mol. The van der Waals surface area contributed by atoms with Crippen molar-refractivity contribution in [1.82, 2.24) is 0 Å². The van der Waals surface area contributed by atoms with Crippen molar-refractivity contribution in [3.8, 4) is 0 Å². The van der Waals surface area contributed by atoms with Crippen LogP contribution in [0.5, 0.6) is 0 Å². The molecular weight excluding hydrogens is 193 g/mol. The zero-order valence-corrected chi connectivity index (χ0v) is 8.04. The van der Waals surface area contributed by atoms with Gasteiger partial charge in [-0.2, -0.15) is 0 Å². The molecular formula is C10H10BNO3. The standard InChI is InChI=1S/C10H10BNO3/c13-10(14)9(12-7-11-15)6-8-4-2-1-3-5-8/h1-5,7,9H,6H2,(H,13,14)/t9-/m0/s1. The normalized spacial score (nSPS) is 12.3. The first-order valence-electron chi connectivity index (χ1n) is 4.47. The Bertz CT molecular complexity index is 364. The molecule has 0 aliphatic carbocycles. The van der Waals surface area contributed by atoms with E-state index in [1.54, 1.807) is 0 Å². The summed E-state index contributed by atoms with van der Waals surface area (Å²) < 4.78 is 10.0. The summed E-state index contributed by atoms with van der Waals surface area (Å²) in [6, 6.07) is 8.28. The van der Waals surface area contributed by atoms with Crippen molar-refractivity contribution in [2.45, 2.75) is 12.5 Å². The molecule has 0 unspecified atom stereocenters. The Hall–Kier alpha value is -1.78. The number of nitrogens with zero attached hydrogens (tertiary/aromatic N) is 1. The summed E-state index contributed by atoms with van der Waals surface area (Å²) in [6.07, 6.45) is 1.27. The third-order valence-corrected chi connectivity index (χ3v) is 1.88. The number of benzene rings is 1. The van der Waals surface area contributed by atoms with E-state index in [2.05, 4.69) is 4.99 Å². The molecule has 0 amide bonds. The number of hydrogen-bond donors (Lipinski definition) is 1. The van der Waals surface area contributed by atoms with Gasteiger partial charge in [-0.15, -0.1) is 0 Å². The number of rotatable bonds is 5. The van der Waals surface area contributed by atoms with Crippen LogP contribution in [0.15, 0.2) is 35.3 Å². The van der Waals surface area contributed by atoms with Crippen LogP contribution in [-0.4, -0.2) is 30.4 Å². The van der Waals surface area contributed by atoms with E-state index >= 15 is 0 Å². The minimum absolute atomic E-state index is 0.292. The predicted octanol–water partition coefficient (Wildman–Crippen LogP) is 0.760. The molecule has 0 heterocycles. The molecule has 1 N–H and O–H groups in total. The topological polar surface area (TPSA) is 66.7 Å². The molecule has 0 bridgehead atoms. The second-order valence-corrected chi connectivity index (χ2v) is 2.98. The van der Waals surface area contributed by atoms with Gasteiger partial charge >= 0.3 is 87.2 Å². The van der Waals surface area contributed by atoms with Crippen LogP contribution in [0.3, 0.4) is 0 Å². The van der Waals surface area contributed by atoms with Crippen molar-refractivity contribution in [1.29, 1.82) is 0 Å². The van der Waals surface area contributed by atoms with E-state index in [4.69, 9.17) is 5.11 Å². The van der Waals surface area contributed by atoms with Crippen molar-refractivity contribution < 1.29 is 14.6 Å². The second kappa shape index (κ2) is 5.85. The molecule has 0 saturated carbocycles. The fourth-order valence-corrected chi connectivity index (χ4v) is 1.18. The van der Waals surface area contributed by atoms with E-state index in [0.29, 0.717) is 13.6 Å².